The maximum absolute atomic E-state index is 4.67. The topological polar surface area (TPSA) is 48.0 Å². The molecule has 216 valence electrons. The van der Waals surface area contributed by atoms with Crippen LogP contribution in [0.3, 0.4) is 0 Å². The van der Waals surface area contributed by atoms with Crippen molar-refractivity contribution in [2.24, 2.45) is 0 Å². The van der Waals surface area contributed by atoms with Crippen molar-refractivity contribution in [3.8, 4) is 16.9 Å². The number of rotatable bonds is 4. The molecule has 0 amide bonds. The van der Waals surface area contributed by atoms with Gasteiger partial charge in [0.05, 0.1) is 11.2 Å². The van der Waals surface area contributed by atoms with E-state index in [4.69, 9.17) is 0 Å². The molecule has 0 aliphatic heterocycles. The zero-order valence-electron chi connectivity index (χ0n) is 24.0. The largest absolute Gasteiger partial charge is 2.00 e. The summed E-state index contributed by atoms with van der Waals surface area (Å²) in [4.78, 5) is 11.3. The summed E-state index contributed by atoms with van der Waals surface area (Å²) < 4.78 is 4.13. The number of benzene rings is 5. The predicted octanol–water partition coefficient (Wildman–Crippen LogP) is 9.25. The van der Waals surface area contributed by atoms with Crippen LogP contribution in [0.25, 0.3) is 66.1 Å². The normalized spacial score (nSPS) is 11.6. The van der Waals surface area contributed by atoms with Gasteiger partial charge in [0.25, 0.3) is 0 Å². The molecule has 0 spiro atoms. The zero-order chi connectivity index (χ0) is 29.2. The summed E-state index contributed by atoms with van der Waals surface area (Å²) in [5.74, 6) is 0.875. The van der Waals surface area contributed by atoms with Gasteiger partial charge < -0.3 is 4.57 Å². The fourth-order valence-electron chi connectivity index (χ4n) is 6.38. The van der Waals surface area contributed by atoms with Gasteiger partial charge in [-0.15, -0.1) is 46.3 Å². The Morgan fingerprint density at radius 1 is 0.644 bits per heavy atom. The molecule has 0 saturated heterocycles. The van der Waals surface area contributed by atoms with Crippen LogP contribution in [0.15, 0.2) is 132 Å². The molecule has 0 fully saturated rings. The Kier molecular flexibility index (Phi) is 6.78. The van der Waals surface area contributed by atoms with Crippen LogP contribution in [0.5, 0.6) is 0 Å². The fourth-order valence-corrected chi connectivity index (χ4v) is 7.19. The van der Waals surface area contributed by atoms with Gasteiger partial charge in [-0.3, -0.25) is 9.50 Å². The number of aryl methyl sites for hydroxylation is 1. The molecule has 0 atom stereocenters. The van der Waals surface area contributed by atoms with Gasteiger partial charge >= 0.3 is 21.1 Å². The van der Waals surface area contributed by atoms with Crippen molar-refractivity contribution in [3.05, 3.63) is 139 Å². The Morgan fingerprint density at radius 2 is 1.40 bits per heavy atom. The van der Waals surface area contributed by atoms with E-state index in [0.29, 0.717) is 0 Å². The average Bonchev–Trinajstić information content (AvgIpc) is 3.69. The van der Waals surface area contributed by atoms with Crippen LogP contribution < -0.4 is 0 Å². The summed E-state index contributed by atoms with van der Waals surface area (Å²) in [6.45, 7) is 2.16. The number of fused-ring (bicyclic) bond motifs is 9. The van der Waals surface area contributed by atoms with E-state index in [9.17, 15) is 0 Å². The van der Waals surface area contributed by atoms with Gasteiger partial charge in [-0.05, 0) is 58.7 Å². The van der Waals surface area contributed by atoms with E-state index >= 15 is 0 Å². The zero-order valence-corrected chi connectivity index (χ0v) is 27.1. The van der Waals surface area contributed by atoms with Crippen LogP contribution in [0.2, 0.25) is 0 Å². The van der Waals surface area contributed by atoms with Gasteiger partial charge in [0.2, 0.25) is 0 Å². The van der Waals surface area contributed by atoms with Crippen molar-refractivity contribution in [1.29, 1.82) is 0 Å². The third kappa shape index (κ3) is 4.39. The molecular weight excluding hydrogens is 754 g/mol. The van der Waals surface area contributed by atoms with E-state index in [1.807, 2.05) is 28.9 Å². The standard InChI is InChI=1S/C38H23N5S.Pt/c1-24-9-2-3-10-27(24)30-12-8-14-34-37(30)31-19-17-25(21-32(31)38-40-23-41-43(34)38)44-26-16-18-29-28-11-4-5-13-33(28)42(35(29)22-26)36-15-6-7-20-39-36;/h2-20,23H,1H3;/q-2;+2. The van der Waals surface area contributed by atoms with Gasteiger partial charge in [0, 0.05) is 11.7 Å². The molecular formula is C38H23N5PtS. The molecule has 0 radical (unpaired) electrons. The van der Waals surface area contributed by atoms with E-state index in [1.165, 1.54) is 22.1 Å². The molecule has 0 N–H and O–H groups in total. The quantitative estimate of drug-likeness (QED) is 0.132. The minimum atomic E-state index is 0. The van der Waals surface area contributed by atoms with E-state index in [0.717, 1.165) is 59.4 Å². The molecule has 7 heteroatoms. The molecule has 4 aromatic heterocycles. The number of pyridine rings is 2. The van der Waals surface area contributed by atoms with Gasteiger partial charge in [-0.2, -0.15) is 17.2 Å². The van der Waals surface area contributed by atoms with Crippen molar-refractivity contribution in [2.45, 2.75) is 16.7 Å². The second-order valence-electron chi connectivity index (χ2n) is 10.8. The summed E-state index contributed by atoms with van der Waals surface area (Å²) in [6.07, 6.45) is 3.46. The predicted molar refractivity (Wildman–Crippen MR) is 179 cm³/mol. The first-order valence-electron chi connectivity index (χ1n) is 14.5. The summed E-state index contributed by atoms with van der Waals surface area (Å²) in [7, 11) is 0. The van der Waals surface area contributed by atoms with E-state index < -0.39 is 0 Å². The Labute approximate surface area is 277 Å². The summed E-state index contributed by atoms with van der Waals surface area (Å²) in [5, 5.41) is 10.2. The van der Waals surface area contributed by atoms with E-state index in [1.54, 1.807) is 18.1 Å². The van der Waals surface area contributed by atoms with Gasteiger partial charge in [-0.1, -0.05) is 81.8 Å². The number of hydrogen-bond donors (Lipinski definition) is 0. The van der Waals surface area contributed by atoms with Gasteiger partial charge in [-0.25, -0.2) is 4.98 Å². The molecule has 0 unspecified atom stereocenters. The summed E-state index contributed by atoms with van der Waals surface area (Å²) in [6, 6.07) is 45.5. The Morgan fingerprint density at radius 3 is 2.27 bits per heavy atom. The van der Waals surface area contributed by atoms with E-state index in [2.05, 4.69) is 130 Å². The molecule has 9 rings (SSSR count). The van der Waals surface area contributed by atoms with Crippen molar-refractivity contribution in [2.75, 3.05) is 0 Å². The molecule has 0 aliphatic rings. The van der Waals surface area contributed by atoms with Gasteiger partial charge in [0.15, 0.2) is 0 Å². The SMILES string of the molecule is Cc1ccccc1-c1cccc2c1c1ccc(Sc3[c-]c4c(cc3)c3ccccc3n4-c3ccccn3)[c-]c1c1ncnn21.[Pt+2]. The summed E-state index contributed by atoms with van der Waals surface area (Å²) in [5.41, 5.74) is 7.57. The third-order valence-electron chi connectivity index (χ3n) is 8.32. The number of nitrogens with zero attached hydrogens (tertiary/aromatic N) is 5. The first kappa shape index (κ1) is 27.8. The van der Waals surface area contributed by atoms with Crippen LogP contribution >= 0.6 is 11.8 Å². The molecule has 5 aromatic carbocycles. The molecule has 9 aromatic rings. The van der Waals surface area contributed by atoms with Crippen LogP contribution in [0.4, 0.5) is 0 Å². The monoisotopic (exact) mass is 776 g/mol. The second-order valence-corrected chi connectivity index (χ2v) is 11.9. The number of hydrogen-bond acceptors (Lipinski definition) is 4. The Bertz CT molecular complexity index is 2550. The van der Waals surface area contributed by atoms with Crippen molar-refractivity contribution in [1.82, 2.24) is 24.1 Å². The van der Waals surface area contributed by atoms with Gasteiger partial charge in [0.1, 0.15) is 12.1 Å². The van der Waals surface area contributed by atoms with Crippen molar-refractivity contribution < 1.29 is 21.1 Å². The van der Waals surface area contributed by atoms with Crippen LogP contribution in [-0.4, -0.2) is 24.1 Å². The molecule has 0 saturated carbocycles. The first-order chi connectivity index (χ1) is 21.7. The fraction of sp³-hybridized carbons (Fsp3) is 0.0263. The van der Waals surface area contributed by atoms with Crippen LogP contribution in [0, 0.1) is 19.1 Å². The number of aromatic nitrogens is 5. The van der Waals surface area contributed by atoms with E-state index in [-0.39, 0.29) is 21.1 Å². The van der Waals surface area contributed by atoms with Crippen molar-refractivity contribution >= 4 is 60.9 Å². The second kappa shape index (κ2) is 11.0. The molecule has 5 nitrogen and oxygen atoms in total. The molecule has 4 heterocycles. The first-order valence-corrected chi connectivity index (χ1v) is 15.3. The maximum Gasteiger partial charge on any atom is 2.00 e. The maximum atomic E-state index is 4.67. The third-order valence-corrected chi connectivity index (χ3v) is 9.24. The molecule has 45 heavy (non-hydrogen) atoms. The molecule has 0 bridgehead atoms. The smallest absolute Gasteiger partial charge is 0.319 e. The Balaban J connectivity index is 0.00000300. The minimum absolute atomic E-state index is 0. The van der Waals surface area contributed by atoms with Crippen LogP contribution in [-0.2, 0) is 21.1 Å². The summed E-state index contributed by atoms with van der Waals surface area (Å²) >= 11 is 1.65. The number of para-hydroxylation sites is 1. The molecule has 0 aliphatic carbocycles. The Hall–Kier alpha value is -4.77. The van der Waals surface area contributed by atoms with Crippen molar-refractivity contribution in [3.63, 3.8) is 0 Å². The van der Waals surface area contributed by atoms with Crippen LogP contribution in [0.1, 0.15) is 5.56 Å². The minimum Gasteiger partial charge on any atom is -0.319 e. The average molecular weight is 777 g/mol.